The van der Waals surface area contributed by atoms with Gasteiger partial charge < -0.3 is 5.73 Å². The highest BCUT2D eigenvalue weighted by atomic mass is 32.1. The molecule has 2 heterocycles. The average Bonchev–Trinajstić information content (AvgIpc) is 2.75. The van der Waals surface area contributed by atoms with Crippen LogP contribution in [0.1, 0.15) is 42.9 Å². The maximum absolute atomic E-state index is 5.95. The predicted molar refractivity (Wildman–Crippen MR) is 73.2 cm³/mol. The van der Waals surface area contributed by atoms with Crippen molar-refractivity contribution in [2.24, 2.45) is 11.7 Å². The molecule has 2 N–H and O–H groups in total. The molecule has 0 aromatic carbocycles. The van der Waals surface area contributed by atoms with E-state index in [0.717, 1.165) is 18.1 Å². The Morgan fingerprint density at radius 3 is 3.00 bits per heavy atom. The third-order valence-electron chi connectivity index (χ3n) is 3.61. The summed E-state index contributed by atoms with van der Waals surface area (Å²) >= 11 is 1.75. The summed E-state index contributed by atoms with van der Waals surface area (Å²) in [5, 5.41) is 3.38. The zero-order valence-electron chi connectivity index (χ0n) is 10.9. The van der Waals surface area contributed by atoms with Crippen LogP contribution in [-0.2, 0) is 0 Å². The van der Waals surface area contributed by atoms with Gasteiger partial charge in [-0.05, 0) is 51.7 Å². The standard InChI is InChI=1S/C13H23N3S/c1-3-6-16-7-4-5-11(8-14)13(16)12-9-17-10(2)15-12/h9,11,13H,3-8,14H2,1-2H3. The Hall–Kier alpha value is -0.450. The molecule has 1 fully saturated rings. The minimum atomic E-state index is 0.457. The van der Waals surface area contributed by atoms with E-state index in [1.54, 1.807) is 11.3 Å². The van der Waals surface area contributed by atoms with Gasteiger partial charge in [0.15, 0.2) is 0 Å². The second-order valence-electron chi connectivity index (χ2n) is 4.91. The molecule has 4 heteroatoms. The summed E-state index contributed by atoms with van der Waals surface area (Å²) in [6.45, 7) is 7.47. The molecule has 0 radical (unpaired) electrons. The van der Waals surface area contributed by atoms with Gasteiger partial charge in [-0.3, -0.25) is 4.90 Å². The summed E-state index contributed by atoms with van der Waals surface area (Å²) in [5.74, 6) is 0.580. The highest BCUT2D eigenvalue weighted by Crippen LogP contribution is 2.35. The van der Waals surface area contributed by atoms with Crippen molar-refractivity contribution >= 4 is 11.3 Å². The molecule has 1 aromatic heterocycles. The van der Waals surface area contributed by atoms with E-state index < -0.39 is 0 Å². The number of likely N-dealkylation sites (tertiary alicyclic amines) is 1. The highest BCUT2D eigenvalue weighted by Gasteiger charge is 2.32. The molecule has 1 aliphatic heterocycles. The van der Waals surface area contributed by atoms with Crippen LogP contribution in [0.4, 0.5) is 0 Å². The van der Waals surface area contributed by atoms with Crippen molar-refractivity contribution in [1.29, 1.82) is 0 Å². The van der Waals surface area contributed by atoms with Crippen LogP contribution >= 0.6 is 11.3 Å². The van der Waals surface area contributed by atoms with Gasteiger partial charge in [0.2, 0.25) is 0 Å². The third-order valence-corrected chi connectivity index (χ3v) is 4.41. The summed E-state index contributed by atoms with van der Waals surface area (Å²) < 4.78 is 0. The van der Waals surface area contributed by atoms with Crippen molar-refractivity contribution < 1.29 is 0 Å². The third kappa shape index (κ3) is 2.87. The normalized spacial score (nSPS) is 26.3. The molecule has 0 amide bonds. The first-order chi connectivity index (χ1) is 8.26. The fraction of sp³-hybridized carbons (Fsp3) is 0.769. The van der Waals surface area contributed by atoms with E-state index >= 15 is 0 Å². The van der Waals surface area contributed by atoms with E-state index in [9.17, 15) is 0 Å². The highest BCUT2D eigenvalue weighted by molar-refractivity contribution is 7.09. The molecule has 1 aliphatic rings. The molecular weight excluding hydrogens is 230 g/mol. The molecule has 0 aliphatic carbocycles. The van der Waals surface area contributed by atoms with E-state index in [4.69, 9.17) is 5.73 Å². The zero-order chi connectivity index (χ0) is 12.3. The van der Waals surface area contributed by atoms with Crippen molar-refractivity contribution in [3.8, 4) is 0 Å². The molecule has 0 bridgehead atoms. The van der Waals surface area contributed by atoms with Crippen molar-refractivity contribution in [3.63, 3.8) is 0 Å². The number of aromatic nitrogens is 1. The first kappa shape index (κ1) is 13.0. The maximum Gasteiger partial charge on any atom is 0.0898 e. The fourth-order valence-electron chi connectivity index (χ4n) is 2.88. The number of thiazole rings is 1. The lowest BCUT2D eigenvalue weighted by Crippen LogP contribution is -2.42. The first-order valence-corrected chi connectivity index (χ1v) is 7.50. The fourth-order valence-corrected chi connectivity index (χ4v) is 3.52. The number of hydrogen-bond acceptors (Lipinski definition) is 4. The van der Waals surface area contributed by atoms with Gasteiger partial charge in [-0.15, -0.1) is 11.3 Å². The SMILES string of the molecule is CCCN1CCCC(CN)C1c1csc(C)n1. The minimum absolute atomic E-state index is 0.457. The van der Waals surface area contributed by atoms with Gasteiger partial charge >= 0.3 is 0 Å². The van der Waals surface area contributed by atoms with Gasteiger partial charge in [0.05, 0.1) is 16.7 Å². The number of aryl methyl sites for hydroxylation is 1. The van der Waals surface area contributed by atoms with Crippen LogP contribution in [0.2, 0.25) is 0 Å². The van der Waals surface area contributed by atoms with Gasteiger partial charge in [0.25, 0.3) is 0 Å². The van der Waals surface area contributed by atoms with Gasteiger partial charge in [-0.1, -0.05) is 6.92 Å². The Balaban J connectivity index is 2.21. The van der Waals surface area contributed by atoms with Crippen molar-refractivity contribution in [3.05, 3.63) is 16.1 Å². The van der Waals surface area contributed by atoms with Crippen LogP contribution in [0.3, 0.4) is 0 Å². The van der Waals surface area contributed by atoms with E-state index in [1.165, 1.54) is 31.5 Å². The maximum atomic E-state index is 5.95. The molecule has 0 spiro atoms. The number of rotatable bonds is 4. The van der Waals surface area contributed by atoms with E-state index in [-0.39, 0.29) is 0 Å². The van der Waals surface area contributed by atoms with Crippen LogP contribution in [0.25, 0.3) is 0 Å². The largest absolute Gasteiger partial charge is 0.330 e. The summed E-state index contributed by atoms with van der Waals surface area (Å²) in [5.41, 5.74) is 7.19. The predicted octanol–water partition coefficient (Wildman–Crippen LogP) is 2.57. The quantitative estimate of drug-likeness (QED) is 0.897. The zero-order valence-corrected chi connectivity index (χ0v) is 11.7. The van der Waals surface area contributed by atoms with E-state index in [1.807, 2.05) is 0 Å². The molecule has 96 valence electrons. The summed E-state index contributed by atoms with van der Waals surface area (Å²) in [6, 6.07) is 0.457. The van der Waals surface area contributed by atoms with Crippen LogP contribution in [0.5, 0.6) is 0 Å². The number of piperidine rings is 1. The molecule has 2 rings (SSSR count). The lowest BCUT2D eigenvalue weighted by Gasteiger charge is -2.40. The Bertz CT molecular complexity index is 348. The van der Waals surface area contributed by atoms with Gasteiger partial charge in [0.1, 0.15) is 0 Å². The molecule has 3 nitrogen and oxygen atoms in total. The molecule has 17 heavy (non-hydrogen) atoms. The average molecular weight is 253 g/mol. The van der Waals surface area contributed by atoms with Crippen LogP contribution in [0, 0.1) is 12.8 Å². The number of nitrogens with two attached hydrogens (primary N) is 1. The summed E-state index contributed by atoms with van der Waals surface area (Å²) in [4.78, 5) is 7.27. The second-order valence-corrected chi connectivity index (χ2v) is 5.97. The molecule has 2 unspecified atom stereocenters. The molecular formula is C13H23N3S. The Labute approximate surface area is 108 Å². The molecule has 1 saturated heterocycles. The van der Waals surface area contributed by atoms with Crippen molar-refractivity contribution in [2.75, 3.05) is 19.6 Å². The van der Waals surface area contributed by atoms with Crippen LogP contribution in [-0.4, -0.2) is 29.5 Å². The van der Waals surface area contributed by atoms with E-state index in [2.05, 4.69) is 29.1 Å². The van der Waals surface area contributed by atoms with Crippen molar-refractivity contribution in [1.82, 2.24) is 9.88 Å². The number of nitrogens with zero attached hydrogens (tertiary/aromatic N) is 2. The topological polar surface area (TPSA) is 42.1 Å². The lowest BCUT2D eigenvalue weighted by molar-refractivity contribution is 0.0934. The van der Waals surface area contributed by atoms with Crippen molar-refractivity contribution in [2.45, 2.75) is 39.2 Å². The second kappa shape index (κ2) is 5.94. The Morgan fingerprint density at radius 1 is 1.59 bits per heavy atom. The summed E-state index contributed by atoms with van der Waals surface area (Å²) in [6.07, 6.45) is 3.73. The Morgan fingerprint density at radius 2 is 2.41 bits per heavy atom. The minimum Gasteiger partial charge on any atom is -0.330 e. The van der Waals surface area contributed by atoms with Crippen LogP contribution < -0.4 is 5.73 Å². The van der Waals surface area contributed by atoms with Gasteiger partial charge in [-0.25, -0.2) is 4.98 Å². The van der Waals surface area contributed by atoms with E-state index in [0.29, 0.717) is 12.0 Å². The smallest absolute Gasteiger partial charge is 0.0898 e. The monoisotopic (exact) mass is 253 g/mol. The van der Waals surface area contributed by atoms with Crippen LogP contribution in [0.15, 0.2) is 5.38 Å². The number of hydrogen-bond donors (Lipinski definition) is 1. The molecule has 1 aromatic rings. The van der Waals surface area contributed by atoms with Gasteiger partial charge in [0, 0.05) is 5.38 Å². The first-order valence-electron chi connectivity index (χ1n) is 6.62. The molecule has 2 atom stereocenters. The summed E-state index contributed by atoms with van der Waals surface area (Å²) in [7, 11) is 0. The Kier molecular flexibility index (Phi) is 4.54. The van der Waals surface area contributed by atoms with Gasteiger partial charge in [-0.2, -0.15) is 0 Å². The molecule has 0 saturated carbocycles. The lowest BCUT2D eigenvalue weighted by atomic mass is 9.87.